The molecule has 0 atom stereocenters. The van der Waals surface area contributed by atoms with E-state index in [2.05, 4.69) is 15.9 Å². The van der Waals surface area contributed by atoms with Gasteiger partial charge in [-0.25, -0.2) is 0 Å². The fraction of sp³-hybridized carbons (Fsp3) is 0.0769. The predicted octanol–water partition coefficient (Wildman–Crippen LogP) is 4.39. The van der Waals surface area contributed by atoms with Gasteiger partial charge < -0.3 is 9.84 Å². The molecule has 0 aliphatic heterocycles. The zero-order valence-corrected chi connectivity index (χ0v) is 11.2. The average molecular weight is 314 g/mol. The summed E-state index contributed by atoms with van der Waals surface area (Å²) in [4.78, 5) is 0. The van der Waals surface area contributed by atoms with Crippen LogP contribution in [0.4, 0.5) is 0 Å². The van der Waals surface area contributed by atoms with E-state index in [9.17, 15) is 5.11 Å². The second-order valence-electron chi connectivity index (χ2n) is 3.47. The van der Waals surface area contributed by atoms with Crippen LogP contribution in [-0.2, 0) is 6.61 Å². The van der Waals surface area contributed by atoms with Crippen molar-refractivity contribution in [3.63, 3.8) is 0 Å². The topological polar surface area (TPSA) is 29.5 Å². The molecule has 0 heterocycles. The molecular weight excluding hydrogens is 303 g/mol. The van der Waals surface area contributed by atoms with Gasteiger partial charge in [-0.1, -0.05) is 27.5 Å². The lowest BCUT2D eigenvalue weighted by molar-refractivity contribution is 0.276. The van der Waals surface area contributed by atoms with E-state index in [1.165, 1.54) is 0 Å². The van der Waals surface area contributed by atoms with Crippen LogP contribution in [-0.4, -0.2) is 5.11 Å². The highest BCUT2D eigenvalue weighted by atomic mass is 79.9. The highest BCUT2D eigenvalue weighted by molar-refractivity contribution is 9.10. The molecule has 0 aliphatic carbocycles. The molecule has 2 aromatic carbocycles. The molecule has 17 heavy (non-hydrogen) atoms. The normalized spacial score (nSPS) is 10.3. The van der Waals surface area contributed by atoms with Gasteiger partial charge in [0.1, 0.15) is 11.5 Å². The summed E-state index contributed by atoms with van der Waals surface area (Å²) in [6, 6.07) is 12.6. The van der Waals surface area contributed by atoms with Gasteiger partial charge in [-0.15, -0.1) is 0 Å². The molecule has 0 spiro atoms. The third-order valence-electron chi connectivity index (χ3n) is 2.23. The van der Waals surface area contributed by atoms with Crippen LogP contribution >= 0.6 is 27.5 Å². The predicted molar refractivity (Wildman–Crippen MR) is 71.6 cm³/mol. The van der Waals surface area contributed by atoms with E-state index >= 15 is 0 Å². The first-order valence-electron chi connectivity index (χ1n) is 5.02. The van der Waals surface area contributed by atoms with Crippen LogP contribution < -0.4 is 4.74 Å². The SMILES string of the molecule is OCc1cc(Br)ccc1Oc1ccc(Cl)cc1. The van der Waals surface area contributed by atoms with Gasteiger partial charge in [0, 0.05) is 15.1 Å². The molecular formula is C13H10BrClO2. The maximum Gasteiger partial charge on any atom is 0.133 e. The molecule has 0 fully saturated rings. The van der Waals surface area contributed by atoms with Crippen LogP contribution in [0.3, 0.4) is 0 Å². The van der Waals surface area contributed by atoms with Crippen LogP contribution in [0.5, 0.6) is 11.5 Å². The Labute approximate surface area is 113 Å². The highest BCUT2D eigenvalue weighted by Gasteiger charge is 2.05. The van der Waals surface area contributed by atoms with Crippen LogP contribution in [0.1, 0.15) is 5.56 Å². The van der Waals surface area contributed by atoms with E-state index in [0.717, 1.165) is 10.0 Å². The second kappa shape index (κ2) is 5.54. The Balaban J connectivity index is 2.26. The van der Waals surface area contributed by atoms with Gasteiger partial charge in [-0.3, -0.25) is 0 Å². The monoisotopic (exact) mass is 312 g/mol. The van der Waals surface area contributed by atoms with Crippen molar-refractivity contribution in [3.05, 3.63) is 57.5 Å². The van der Waals surface area contributed by atoms with E-state index in [1.54, 1.807) is 24.3 Å². The molecule has 2 nitrogen and oxygen atoms in total. The van der Waals surface area contributed by atoms with Crippen molar-refractivity contribution in [1.82, 2.24) is 0 Å². The number of halogens is 2. The Kier molecular flexibility index (Phi) is 4.05. The minimum atomic E-state index is -0.0671. The Bertz CT molecular complexity index is 511. The molecule has 4 heteroatoms. The maximum atomic E-state index is 9.24. The summed E-state index contributed by atoms with van der Waals surface area (Å²) in [5.41, 5.74) is 0.731. The Morgan fingerprint density at radius 2 is 1.82 bits per heavy atom. The molecule has 0 bridgehead atoms. The minimum Gasteiger partial charge on any atom is -0.457 e. The fourth-order valence-electron chi connectivity index (χ4n) is 1.40. The van der Waals surface area contributed by atoms with Gasteiger partial charge in [0.2, 0.25) is 0 Å². The summed E-state index contributed by atoms with van der Waals surface area (Å²) in [6.07, 6.45) is 0. The molecule has 1 N–H and O–H groups in total. The molecule has 2 rings (SSSR count). The largest absolute Gasteiger partial charge is 0.457 e. The molecule has 0 unspecified atom stereocenters. The van der Waals surface area contributed by atoms with Crippen molar-refractivity contribution >= 4 is 27.5 Å². The van der Waals surface area contributed by atoms with Crippen LogP contribution in [0.25, 0.3) is 0 Å². The zero-order valence-electron chi connectivity index (χ0n) is 8.86. The summed E-state index contributed by atoms with van der Waals surface area (Å²) in [6.45, 7) is -0.0671. The first-order chi connectivity index (χ1) is 8.19. The van der Waals surface area contributed by atoms with Gasteiger partial charge in [0.05, 0.1) is 6.61 Å². The van der Waals surface area contributed by atoms with Gasteiger partial charge in [-0.2, -0.15) is 0 Å². The van der Waals surface area contributed by atoms with Gasteiger partial charge in [-0.05, 0) is 42.5 Å². The van der Waals surface area contributed by atoms with E-state index in [1.807, 2.05) is 18.2 Å². The van der Waals surface area contributed by atoms with E-state index < -0.39 is 0 Å². The third kappa shape index (κ3) is 3.22. The molecule has 0 aromatic heterocycles. The number of aliphatic hydroxyl groups excluding tert-OH is 1. The number of hydrogen-bond acceptors (Lipinski definition) is 2. The van der Waals surface area contributed by atoms with Crippen molar-refractivity contribution in [2.75, 3.05) is 0 Å². The number of benzene rings is 2. The number of aliphatic hydroxyl groups is 1. The summed E-state index contributed by atoms with van der Waals surface area (Å²) in [7, 11) is 0. The lowest BCUT2D eigenvalue weighted by Crippen LogP contribution is -1.91. The highest BCUT2D eigenvalue weighted by Crippen LogP contribution is 2.28. The van der Waals surface area contributed by atoms with E-state index in [4.69, 9.17) is 16.3 Å². The average Bonchev–Trinajstić information content (AvgIpc) is 2.34. The Morgan fingerprint density at radius 3 is 2.47 bits per heavy atom. The standard InChI is InChI=1S/C13H10BrClO2/c14-10-1-6-13(9(7-10)8-16)17-12-4-2-11(15)3-5-12/h1-7,16H,8H2. The fourth-order valence-corrected chi connectivity index (χ4v) is 1.94. The summed E-state index contributed by atoms with van der Waals surface area (Å²) in [5.74, 6) is 1.32. The van der Waals surface area contributed by atoms with E-state index in [-0.39, 0.29) is 6.61 Å². The first-order valence-corrected chi connectivity index (χ1v) is 6.19. The van der Waals surface area contributed by atoms with Crippen molar-refractivity contribution in [2.24, 2.45) is 0 Å². The van der Waals surface area contributed by atoms with E-state index in [0.29, 0.717) is 16.5 Å². The molecule has 0 saturated carbocycles. The van der Waals surface area contributed by atoms with Crippen LogP contribution in [0.2, 0.25) is 5.02 Å². The maximum absolute atomic E-state index is 9.24. The molecule has 88 valence electrons. The summed E-state index contributed by atoms with van der Waals surface area (Å²) < 4.78 is 6.58. The molecule has 0 amide bonds. The Hall–Kier alpha value is -1.03. The molecule has 0 aliphatic rings. The first kappa shape index (κ1) is 12.4. The summed E-state index contributed by atoms with van der Waals surface area (Å²) >= 11 is 9.14. The van der Waals surface area contributed by atoms with Gasteiger partial charge in [0.25, 0.3) is 0 Å². The smallest absolute Gasteiger partial charge is 0.133 e. The van der Waals surface area contributed by atoms with Crippen molar-refractivity contribution in [2.45, 2.75) is 6.61 Å². The summed E-state index contributed by atoms with van der Waals surface area (Å²) in [5, 5.41) is 9.91. The lowest BCUT2D eigenvalue weighted by Gasteiger charge is -2.10. The van der Waals surface area contributed by atoms with Crippen molar-refractivity contribution in [3.8, 4) is 11.5 Å². The van der Waals surface area contributed by atoms with Gasteiger partial charge >= 0.3 is 0 Å². The number of hydrogen-bond donors (Lipinski definition) is 1. The van der Waals surface area contributed by atoms with Crippen molar-refractivity contribution in [1.29, 1.82) is 0 Å². The minimum absolute atomic E-state index is 0.0671. The second-order valence-corrected chi connectivity index (χ2v) is 4.82. The van der Waals surface area contributed by atoms with Gasteiger partial charge in [0.15, 0.2) is 0 Å². The third-order valence-corrected chi connectivity index (χ3v) is 2.98. The molecule has 0 radical (unpaired) electrons. The van der Waals surface area contributed by atoms with Crippen molar-refractivity contribution < 1.29 is 9.84 Å². The molecule has 2 aromatic rings. The number of rotatable bonds is 3. The molecule has 0 saturated heterocycles. The van der Waals surface area contributed by atoms with Crippen LogP contribution in [0.15, 0.2) is 46.9 Å². The number of ether oxygens (including phenoxy) is 1. The van der Waals surface area contributed by atoms with Crippen LogP contribution in [0, 0.1) is 0 Å². The quantitative estimate of drug-likeness (QED) is 0.911. The Morgan fingerprint density at radius 1 is 1.12 bits per heavy atom. The zero-order chi connectivity index (χ0) is 12.3. The lowest BCUT2D eigenvalue weighted by atomic mass is 10.2.